The molecule has 7 heteroatoms. The van der Waals surface area contributed by atoms with Crippen molar-refractivity contribution in [2.24, 2.45) is 62.1 Å². The fourth-order valence-electron chi connectivity index (χ4n) is 13.9. The van der Waals surface area contributed by atoms with Gasteiger partial charge in [-0.15, -0.1) is 0 Å². The Hall–Kier alpha value is -2.70. The number of aromatic nitrogens is 1. The molecule has 7 nitrogen and oxygen atoms in total. The van der Waals surface area contributed by atoms with E-state index in [1.165, 1.54) is 12.0 Å². The van der Waals surface area contributed by atoms with Gasteiger partial charge in [0.05, 0.1) is 28.5 Å². The number of rotatable bonds is 8. The number of hydrogen-bond acceptors (Lipinski definition) is 5. The highest BCUT2D eigenvalue weighted by Gasteiger charge is 2.72. The quantitative estimate of drug-likeness (QED) is 0.207. The minimum atomic E-state index is -1.15. The minimum Gasteiger partial charge on any atom is -0.481 e. The van der Waals surface area contributed by atoms with Gasteiger partial charge in [0.1, 0.15) is 6.10 Å². The number of nitrogens with one attached hydrogen (secondary N) is 1. The van der Waals surface area contributed by atoms with Crippen LogP contribution in [-0.2, 0) is 24.7 Å². The van der Waals surface area contributed by atoms with Crippen molar-refractivity contribution in [1.82, 2.24) is 10.3 Å². The van der Waals surface area contributed by atoms with E-state index in [0.717, 1.165) is 76.3 Å². The van der Waals surface area contributed by atoms with E-state index in [4.69, 9.17) is 4.74 Å². The fraction of sp³-hybridized carbons (Fsp3) is 0.773. The number of esters is 1. The Morgan fingerprint density at radius 1 is 0.902 bits per heavy atom. The molecule has 1 aromatic heterocycles. The van der Waals surface area contributed by atoms with E-state index in [-0.39, 0.29) is 51.0 Å². The molecule has 280 valence electrons. The molecule has 6 aliphatic rings. The predicted molar refractivity (Wildman–Crippen MR) is 198 cm³/mol. The summed E-state index contributed by atoms with van der Waals surface area (Å²) in [4.78, 5) is 44.4. The molecule has 10 atom stereocenters. The second-order valence-electron chi connectivity index (χ2n) is 20.3. The lowest BCUT2D eigenvalue weighted by Gasteiger charge is -2.72. The number of carboxylic acids is 1. The van der Waals surface area contributed by atoms with Gasteiger partial charge in [0, 0.05) is 11.6 Å². The monoisotopic (exact) mass is 700 g/mol. The smallest absolute Gasteiger partial charge is 0.309 e. The summed E-state index contributed by atoms with van der Waals surface area (Å²) in [5.74, 6) is 0.994. The van der Waals surface area contributed by atoms with Gasteiger partial charge in [-0.3, -0.25) is 19.4 Å². The maximum absolute atomic E-state index is 14.8. The summed E-state index contributed by atoms with van der Waals surface area (Å²) in [7, 11) is 0. The molecule has 1 aromatic rings. The number of allylic oxidation sites excluding steroid dienone is 1. The summed E-state index contributed by atoms with van der Waals surface area (Å²) in [5.41, 5.74) is 0.578. The molecule has 0 aliphatic heterocycles. The van der Waals surface area contributed by atoms with Gasteiger partial charge in [-0.25, -0.2) is 0 Å². The zero-order chi connectivity index (χ0) is 37.0. The Bertz CT molecular complexity index is 1600. The molecule has 7 rings (SSSR count). The number of carboxylic acid groups (broad SMARTS) is 1. The number of hydrogen-bond donors (Lipinski definition) is 2. The van der Waals surface area contributed by atoms with Crippen molar-refractivity contribution in [1.29, 1.82) is 0 Å². The van der Waals surface area contributed by atoms with Gasteiger partial charge >= 0.3 is 11.9 Å². The second-order valence-corrected chi connectivity index (χ2v) is 20.3. The molecule has 1 amide bonds. The van der Waals surface area contributed by atoms with Crippen LogP contribution in [-0.4, -0.2) is 34.0 Å². The van der Waals surface area contributed by atoms with Crippen LogP contribution < -0.4 is 5.32 Å². The highest BCUT2D eigenvalue weighted by Crippen LogP contribution is 2.77. The van der Waals surface area contributed by atoms with Gasteiger partial charge in [-0.05, 0) is 156 Å². The normalized spacial score (nSPS) is 41.9. The van der Waals surface area contributed by atoms with Crippen LogP contribution in [0.5, 0.6) is 0 Å². The van der Waals surface area contributed by atoms with Gasteiger partial charge < -0.3 is 15.2 Å². The maximum atomic E-state index is 14.8. The number of carbonyl (C=O) groups is 3. The summed E-state index contributed by atoms with van der Waals surface area (Å²) in [6.45, 7) is 22.3. The van der Waals surface area contributed by atoms with Gasteiger partial charge in [-0.2, -0.15) is 0 Å². The van der Waals surface area contributed by atoms with Crippen molar-refractivity contribution in [2.75, 3.05) is 0 Å². The maximum Gasteiger partial charge on any atom is 0.309 e. The van der Waals surface area contributed by atoms with Gasteiger partial charge in [0.15, 0.2) is 0 Å². The number of amides is 1. The number of aliphatic carboxylic acids is 1. The molecule has 51 heavy (non-hydrogen) atoms. The number of nitrogens with zero attached hydrogens (tertiary/aromatic N) is 1. The molecule has 0 aromatic carbocycles. The van der Waals surface area contributed by atoms with E-state index in [1.807, 2.05) is 18.3 Å². The first kappa shape index (κ1) is 36.6. The first-order valence-electron chi connectivity index (χ1n) is 20.1. The molecule has 0 radical (unpaired) electrons. The van der Waals surface area contributed by atoms with Crippen LogP contribution >= 0.6 is 0 Å². The number of ether oxygens (including phenoxy) is 1. The first-order chi connectivity index (χ1) is 23.8. The predicted octanol–water partition coefficient (Wildman–Crippen LogP) is 9.26. The number of pyridine rings is 1. The van der Waals surface area contributed by atoms with E-state index in [2.05, 4.69) is 64.5 Å². The largest absolute Gasteiger partial charge is 0.481 e. The average molecular weight is 701 g/mol. The molecule has 5 unspecified atom stereocenters. The first-order valence-corrected chi connectivity index (χ1v) is 20.1. The van der Waals surface area contributed by atoms with Crippen LogP contribution in [0.4, 0.5) is 0 Å². The molecule has 0 bridgehead atoms. The third kappa shape index (κ3) is 5.30. The third-order valence-corrected chi connectivity index (χ3v) is 17.2. The zero-order valence-corrected chi connectivity index (χ0v) is 32.7. The van der Waals surface area contributed by atoms with Crippen LogP contribution in [0.1, 0.15) is 145 Å². The molecule has 2 N–H and O–H groups in total. The summed E-state index contributed by atoms with van der Waals surface area (Å²) in [5, 5.41) is 13.3. The van der Waals surface area contributed by atoms with Crippen LogP contribution in [0, 0.1) is 62.1 Å². The van der Waals surface area contributed by atoms with Crippen LogP contribution in [0.15, 0.2) is 36.5 Å². The van der Waals surface area contributed by atoms with Crippen LogP contribution in [0.25, 0.3) is 0 Å². The molecule has 1 heterocycles. The lowest BCUT2D eigenvalue weighted by Crippen LogP contribution is -2.67. The topological polar surface area (TPSA) is 106 Å². The lowest BCUT2D eigenvalue weighted by atomic mass is 9.32. The van der Waals surface area contributed by atoms with E-state index >= 15 is 0 Å². The Labute approximate surface area is 306 Å². The third-order valence-electron chi connectivity index (χ3n) is 17.2. The molecule has 6 saturated carbocycles. The van der Waals surface area contributed by atoms with E-state index < -0.39 is 17.4 Å². The van der Waals surface area contributed by atoms with E-state index in [9.17, 15) is 19.5 Å². The van der Waals surface area contributed by atoms with Crippen molar-refractivity contribution >= 4 is 17.8 Å². The van der Waals surface area contributed by atoms with Crippen LogP contribution in [0.3, 0.4) is 0 Å². The van der Waals surface area contributed by atoms with E-state index in [1.54, 1.807) is 13.8 Å². The van der Waals surface area contributed by atoms with Crippen molar-refractivity contribution in [2.45, 2.75) is 151 Å². The average Bonchev–Trinajstić information content (AvgIpc) is 3.72. The van der Waals surface area contributed by atoms with Gasteiger partial charge in [-0.1, -0.05) is 52.8 Å². The van der Waals surface area contributed by atoms with Gasteiger partial charge in [0.2, 0.25) is 5.91 Å². The number of fused-ring (bicyclic) bond motifs is 7. The second kappa shape index (κ2) is 11.9. The summed E-state index contributed by atoms with van der Waals surface area (Å²) in [6, 6.07) is 6.06. The standard InChI is InChI=1S/C44H64N2O5/c1-27(2)28-15-20-43(36(48)46-44(23-24-44)32-12-10-11-25-45-32)22-21-41(8)29(35(28)43)13-14-31-40(7)18-17-33(51-34(47)26-38(3,4)37(49)50)39(5,6)30(40)16-19-42(31,41)9/h10-12,25,28-31,33,35H,1,13-24,26H2,2-9H3,(H,46,48)(H,49,50)/t28-,29?,30?,31?,33?,35?,40-,41+,42+,43-/m0/s1. The molecular formula is C44H64N2O5. The molecular weight excluding hydrogens is 636 g/mol. The summed E-state index contributed by atoms with van der Waals surface area (Å²) < 4.78 is 6.18. The highest BCUT2D eigenvalue weighted by molar-refractivity contribution is 5.85. The number of carbonyl (C=O) groups excluding carboxylic acids is 2. The van der Waals surface area contributed by atoms with Crippen molar-refractivity contribution < 1.29 is 24.2 Å². The van der Waals surface area contributed by atoms with Crippen molar-refractivity contribution in [3.63, 3.8) is 0 Å². The Morgan fingerprint density at radius 2 is 1.63 bits per heavy atom. The minimum absolute atomic E-state index is 0.115. The van der Waals surface area contributed by atoms with Gasteiger partial charge in [0.25, 0.3) is 0 Å². The SMILES string of the molecule is C=C(C)[C@@H]1CC[C@]2(C(=O)NC3(c4ccccn4)CC3)CC[C@]3(C)C(CCC4[C@@]5(C)CCC(OC(=O)CC(C)(C)C(=O)O)C(C)(C)C5CC[C@]43C)C12. The van der Waals surface area contributed by atoms with Crippen molar-refractivity contribution in [3.05, 3.63) is 42.2 Å². The Balaban J connectivity index is 1.15. The Morgan fingerprint density at radius 3 is 2.25 bits per heavy atom. The molecule has 6 fully saturated rings. The molecule has 6 aliphatic carbocycles. The van der Waals surface area contributed by atoms with Crippen molar-refractivity contribution in [3.8, 4) is 0 Å². The Kier molecular flexibility index (Phi) is 8.55. The lowest BCUT2D eigenvalue weighted by molar-refractivity contribution is -0.249. The zero-order valence-electron chi connectivity index (χ0n) is 32.7. The summed E-state index contributed by atoms with van der Waals surface area (Å²) >= 11 is 0. The van der Waals surface area contributed by atoms with Crippen LogP contribution in [0.2, 0.25) is 0 Å². The molecule has 0 spiro atoms. The fourth-order valence-corrected chi connectivity index (χ4v) is 13.9. The van der Waals surface area contributed by atoms with E-state index in [0.29, 0.717) is 29.6 Å². The molecule has 0 saturated heterocycles. The highest BCUT2D eigenvalue weighted by atomic mass is 16.5. The summed E-state index contributed by atoms with van der Waals surface area (Å²) in [6.07, 6.45) is 13.8.